The van der Waals surface area contributed by atoms with E-state index in [-0.39, 0.29) is 12.3 Å². The van der Waals surface area contributed by atoms with E-state index in [4.69, 9.17) is 15.3 Å². The quantitative estimate of drug-likeness (QED) is 0.375. The average molecular weight is 331 g/mol. The number of nitrogens with one attached hydrogen (secondary N) is 1. The van der Waals surface area contributed by atoms with Gasteiger partial charge in [-0.2, -0.15) is 0 Å². The number of hydrogen-bond acceptors (Lipinski definition) is 8. The van der Waals surface area contributed by atoms with Crippen LogP contribution in [0.3, 0.4) is 0 Å². The van der Waals surface area contributed by atoms with Gasteiger partial charge in [0.1, 0.15) is 18.7 Å². The second kappa shape index (κ2) is 5.01. The number of aliphatic imine (C=N–C) groups is 3. The SMILES string of the molecule is N=C1N=CN=C2N([C@H]3C[C@H](O)[C@@H](CO)O3)C=NC12P(=O)(O)O. The first-order valence-corrected chi connectivity index (χ1v) is 7.96. The van der Waals surface area contributed by atoms with Crippen LogP contribution in [-0.2, 0) is 9.30 Å². The predicted molar refractivity (Wildman–Crippen MR) is 75.1 cm³/mol. The maximum atomic E-state index is 11.9. The van der Waals surface area contributed by atoms with Crippen molar-refractivity contribution < 1.29 is 29.3 Å². The van der Waals surface area contributed by atoms with E-state index >= 15 is 0 Å². The first-order chi connectivity index (χ1) is 10.3. The van der Waals surface area contributed by atoms with Crippen LogP contribution in [-0.4, -0.2) is 79.6 Å². The van der Waals surface area contributed by atoms with E-state index in [1.807, 2.05) is 0 Å². The van der Waals surface area contributed by atoms with Crippen LogP contribution >= 0.6 is 7.60 Å². The number of nitrogens with zero attached hydrogens (tertiary/aromatic N) is 4. The predicted octanol–water partition coefficient (Wildman–Crippen LogP) is -1.91. The molecule has 0 spiro atoms. The van der Waals surface area contributed by atoms with Crippen LogP contribution in [0.15, 0.2) is 15.0 Å². The first-order valence-electron chi connectivity index (χ1n) is 6.35. The van der Waals surface area contributed by atoms with Gasteiger partial charge in [-0.3, -0.25) is 14.9 Å². The minimum atomic E-state index is -4.91. The minimum Gasteiger partial charge on any atom is -0.394 e. The summed E-state index contributed by atoms with van der Waals surface area (Å²) in [5.41, 5.74) is 0. The van der Waals surface area contributed by atoms with Gasteiger partial charge in [-0.15, -0.1) is 0 Å². The lowest BCUT2D eigenvalue weighted by Crippen LogP contribution is -2.51. The molecule has 0 radical (unpaired) electrons. The third-order valence-corrected chi connectivity index (χ3v) is 5.11. The van der Waals surface area contributed by atoms with Gasteiger partial charge in [0.2, 0.25) is 0 Å². The summed E-state index contributed by atoms with van der Waals surface area (Å²) in [6.45, 7) is -0.393. The second-order valence-electron chi connectivity index (χ2n) is 5.03. The van der Waals surface area contributed by atoms with Crippen molar-refractivity contribution in [3.63, 3.8) is 0 Å². The Morgan fingerprint density at radius 3 is 2.86 bits per heavy atom. The molecule has 1 fully saturated rings. The molecule has 0 amide bonds. The van der Waals surface area contributed by atoms with E-state index in [2.05, 4.69) is 15.0 Å². The third kappa shape index (κ3) is 1.98. The van der Waals surface area contributed by atoms with Crippen LogP contribution in [0.2, 0.25) is 0 Å². The first kappa shape index (κ1) is 15.4. The highest BCUT2D eigenvalue weighted by molar-refractivity contribution is 7.56. The number of ether oxygens (including phenoxy) is 1. The van der Waals surface area contributed by atoms with E-state index < -0.39 is 43.8 Å². The number of rotatable bonds is 3. The summed E-state index contributed by atoms with van der Waals surface area (Å²) in [7, 11) is -4.91. The van der Waals surface area contributed by atoms with Gasteiger partial charge in [0.05, 0.1) is 19.0 Å². The Morgan fingerprint density at radius 2 is 2.27 bits per heavy atom. The van der Waals surface area contributed by atoms with Crippen molar-refractivity contribution in [2.75, 3.05) is 6.61 Å². The van der Waals surface area contributed by atoms with Crippen LogP contribution in [0.1, 0.15) is 6.42 Å². The minimum absolute atomic E-state index is 0.0952. The molecule has 22 heavy (non-hydrogen) atoms. The molecule has 11 nitrogen and oxygen atoms in total. The lowest BCUT2D eigenvalue weighted by Gasteiger charge is -2.32. The zero-order valence-electron chi connectivity index (χ0n) is 11.1. The van der Waals surface area contributed by atoms with E-state index in [0.717, 1.165) is 12.7 Å². The fraction of sp³-hybridized carbons (Fsp3) is 0.600. The van der Waals surface area contributed by atoms with Gasteiger partial charge in [0, 0.05) is 6.42 Å². The lowest BCUT2D eigenvalue weighted by atomic mass is 10.1. The molecule has 0 aromatic heterocycles. The maximum absolute atomic E-state index is 11.9. The molecule has 0 aromatic rings. The van der Waals surface area contributed by atoms with Gasteiger partial charge < -0.3 is 24.7 Å². The topological polar surface area (TPSA) is 171 Å². The van der Waals surface area contributed by atoms with Crippen LogP contribution in [0.25, 0.3) is 0 Å². The summed E-state index contributed by atoms with van der Waals surface area (Å²) in [4.78, 5) is 31.7. The van der Waals surface area contributed by atoms with Crippen molar-refractivity contribution in [2.24, 2.45) is 15.0 Å². The van der Waals surface area contributed by atoms with E-state index in [1.165, 1.54) is 4.90 Å². The Labute approximate surface area is 124 Å². The molecule has 3 rings (SSSR count). The molecule has 0 bridgehead atoms. The Morgan fingerprint density at radius 1 is 1.55 bits per heavy atom. The van der Waals surface area contributed by atoms with Gasteiger partial charge in [-0.1, -0.05) is 0 Å². The summed E-state index contributed by atoms with van der Waals surface area (Å²) < 4.78 is 17.3. The van der Waals surface area contributed by atoms with Crippen molar-refractivity contribution in [1.29, 1.82) is 5.41 Å². The molecule has 0 saturated carbocycles. The second-order valence-corrected chi connectivity index (χ2v) is 6.76. The number of aliphatic hydroxyl groups is 2. The summed E-state index contributed by atoms with van der Waals surface area (Å²) in [6, 6.07) is 0. The normalized spacial score (nSPS) is 37.6. The molecule has 4 atom stereocenters. The molecule has 120 valence electrons. The van der Waals surface area contributed by atoms with Crippen molar-refractivity contribution in [1.82, 2.24) is 4.90 Å². The molecule has 3 heterocycles. The van der Waals surface area contributed by atoms with Crippen LogP contribution in [0.4, 0.5) is 0 Å². The number of hydrogen-bond donors (Lipinski definition) is 5. The molecule has 0 aliphatic carbocycles. The third-order valence-electron chi connectivity index (χ3n) is 3.74. The highest BCUT2D eigenvalue weighted by atomic mass is 31.2. The Balaban J connectivity index is 1.97. The summed E-state index contributed by atoms with van der Waals surface area (Å²) in [5, 5.41) is 24.3. The fourth-order valence-electron chi connectivity index (χ4n) is 2.60. The molecule has 3 aliphatic heterocycles. The standard InChI is InChI=1S/C10H14N5O6P/c11-8-10(22(18,19)20)9(13-3-12-8)15(4-14-10)7-1-5(17)6(2-16)21-7/h3-7,11,16-17H,1-2H2,(H2,18,19,20)/t5-,6+,7+,10?/m0/s1. The Kier molecular flexibility index (Phi) is 3.51. The zero-order valence-corrected chi connectivity index (χ0v) is 12.0. The van der Waals surface area contributed by atoms with E-state index in [9.17, 15) is 19.5 Å². The Bertz CT molecular complexity index is 644. The summed E-state index contributed by atoms with van der Waals surface area (Å²) in [6.07, 6.45) is -0.327. The number of aliphatic hydroxyl groups excluding tert-OH is 2. The number of amidine groups is 2. The summed E-state index contributed by atoms with van der Waals surface area (Å²) >= 11 is 0. The molecule has 1 unspecified atom stereocenters. The highest BCUT2D eigenvalue weighted by Crippen LogP contribution is 2.56. The van der Waals surface area contributed by atoms with Crippen molar-refractivity contribution in [2.45, 2.75) is 30.1 Å². The molecular weight excluding hydrogens is 317 g/mol. The monoisotopic (exact) mass is 331 g/mol. The zero-order chi connectivity index (χ0) is 16.1. The van der Waals surface area contributed by atoms with Gasteiger partial charge in [-0.25, -0.2) is 15.0 Å². The largest absolute Gasteiger partial charge is 0.394 e. The fourth-order valence-corrected chi connectivity index (χ4v) is 3.57. The molecule has 5 N–H and O–H groups in total. The maximum Gasteiger partial charge on any atom is 0.368 e. The molecule has 1 saturated heterocycles. The number of fused-ring (bicyclic) bond motifs is 1. The average Bonchev–Trinajstić information content (AvgIpc) is 3.00. The molecule has 0 aromatic carbocycles. The molecular formula is C10H14N5O6P. The van der Waals surface area contributed by atoms with Gasteiger partial charge in [0.15, 0.2) is 11.7 Å². The van der Waals surface area contributed by atoms with Crippen LogP contribution < -0.4 is 0 Å². The van der Waals surface area contributed by atoms with Crippen molar-refractivity contribution in [3.05, 3.63) is 0 Å². The van der Waals surface area contributed by atoms with E-state index in [0.29, 0.717) is 0 Å². The highest BCUT2D eigenvalue weighted by Gasteiger charge is 2.62. The van der Waals surface area contributed by atoms with Gasteiger partial charge >= 0.3 is 7.60 Å². The van der Waals surface area contributed by atoms with Crippen molar-refractivity contribution >= 4 is 31.9 Å². The smallest absolute Gasteiger partial charge is 0.368 e. The van der Waals surface area contributed by atoms with Crippen LogP contribution in [0.5, 0.6) is 0 Å². The van der Waals surface area contributed by atoms with Gasteiger partial charge in [-0.05, 0) is 0 Å². The molecule has 12 heteroatoms. The van der Waals surface area contributed by atoms with Crippen molar-refractivity contribution in [3.8, 4) is 0 Å². The van der Waals surface area contributed by atoms with E-state index in [1.54, 1.807) is 0 Å². The van der Waals surface area contributed by atoms with Crippen LogP contribution in [0, 0.1) is 5.41 Å². The van der Waals surface area contributed by atoms with Gasteiger partial charge in [0.25, 0.3) is 5.28 Å². The summed E-state index contributed by atoms with van der Waals surface area (Å²) in [5.74, 6) is -0.807. The Hall–Kier alpha value is -1.49. The molecule has 3 aliphatic rings. The lowest BCUT2D eigenvalue weighted by molar-refractivity contribution is -0.0433.